The zero-order valence-corrected chi connectivity index (χ0v) is 15.8. The molecule has 2 heterocycles. The largest absolute Gasteiger partial charge is 0.482 e. The molecule has 0 spiro atoms. The first-order valence-electron chi connectivity index (χ1n) is 9.50. The Balaban J connectivity index is 1.27. The van der Waals surface area contributed by atoms with Crippen molar-refractivity contribution in [2.45, 2.75) is 13.3 Å². The van der Waals surface area contributed by atoms with Crippen LogP contribution in [0.15, 0.2) is 42.5 Å². The van der Waals surface area contributed by atoms with Gasteiger partial charge >= 0.3 is 6.03 Å². The van der Waals surface area contributed by atoms with Crippen molar-refractivity contribution in [3.05, 3.63) is 48.0 Å². The third-order valence-corrected chi connectivity index (χ3v) is 5.17. The van der Waals surface area contributed by atoms with Crippen LogP contribution in [-0.4, -0.2) is 38.2 Å². The summed E-state index contributed by atoms with van der Waals surface area (Å²) in [7, 11) is 0. The minimum Gasteiger partial charge on any atom is -0.482 e. The first-order chi connectivity index (χ1) is 13.6. The average molecular weight is 380 g/mol. The van der Waals surface area contributed by atoms with E-state index in [2.05, 4.69) is 52.0 Å². The number of fused-ring (bicyclic) bond motifs is 1. The minimum absolute atomic E-state index is 0.0122. The normalized spacial score (nSPS) is 18.1. The second kappa shape index (κ2) is 7.80. The lowest BCUT2D eigenvalue weighted by molar-refractivity contribution is -0.118. The van der Waals surface area contributed by atoms with Gasteiger partial charge in [0.25, 0.3) is 5.91 Å². The molecule has 2 aliphatic heterocycles. The zero-order chi connectivity index (χ0) is 19.5. The third-order valence-electron chi connectivity index (χ3n) is 5.17. The van der Waals surface area contributed by atoms with Crippen LogP contribution in [0, 0.1) is 12.8 Å². The van der Waals surface area contributed by atoms with Crippen molar-refractivity contribution in [3.8, 4) is 5.75 Å². The van der Waals surface area contributed by atoms with Gasteiger partial charge in [0, 0.05) is 37.1 Å². The van der Waals surface area contributed by atoms with Crippen LogP contribution < -0.4 is 25.6 Å². The Morgan fingerprint density at radius 3 is 3.00 bits per heavy atom. The summed E-state index contributed by atoms with van der Waals surface area (Å²) >= 11 is 0. The number of carbonyl (C=O) groups excluding carboxylic acids is 2. The van der Waals surface area contributed by atoms with Gasteiger partial charge in [-0.3, -0.25) is 4.79 Å². The van der Waals surface area contributed by atoms with E-state index in [4.69, 9.17) is 4.74 Å². The second-order valence-electron chi connectivity index (χ2n) is 7.27. The van der Waals surface area contributed by atoms with Crippen LogP contribution >= 0.6 is 0 Å². The number of aryl methyl sites for hydroxylation is 1. The fourth-order valence-corrected chi connectivity index (χ4v) is 3.70. The molecule has 2 aromatic carbocycles. The number of nitrogens with zero attached hydrogens (tertiary/aromatic N) is 1. The maximum Gasteiger partial charge on any atom is 0.319 e. The van der Waals surface area contributed by atoms with Crippen LogP contribution in [0.3, 0.4) is 0 Å². The molecule has 0 aliphatic carbocycles. The Hall–Kier alpha value is -3.22. The van der Waals surface area contributed by atoms with Gasteiger partial charge in [-0.15, -0.1) is 0 Å². The molecule has 1 atom stereocenters. The van der Waals surface area contributed by atoms with Crippen molar-refractivity contribution in [2.24, 2.45) is 5.92 Å². The van der Waals surface area contributed by atoms with Gasteiger partial charge in [-0.05, 0) is 43.0 Å². The van der Waals surface area contributed by atoms with Crippen molar-refractivity contribution >= 4 is 29.0 Å². The number of hydrogen-bond acceptors (Lipinski definition) is 4. The molecule has 0 aromatic heterocycles. The molecule has 3 amide bonds. The van der Waals surface area contributed by atoms with Gasteiger partial charge in [0.05, 0.1) is 5.69 Å². The monoisotopic (exact) mass is 380 g/mol. The highest BCUT2D eigenvalue weighted by Crippen LogP contribution is 2.30. The summed E-state index contributed by atoms with van der Waals surface area (Å²) in [4.78, 5) is 25.9. The number of hydrogen-bond donors (Lipinski definition) is 3. The Labute approximate surface area is 164 Å². The molecule has 2 aromatic rings. The smallest absolute Gasteiger partial charge is 0.319 e. The van der Waals surface area contributed by atoms with E-state index >= 15 is 0 Å². The SMILES string of the molecule is Cc1ccccc1N1CC[C@@H](CNC(=O)Nc2ccc3c(c2)OCC(=O)N3)C1. The van der Waals surface area contributed by atoms with E-state index in [0.29, 0.717) is 29.6 Å². The van der Waals surface area contributed by atoms with Crippen LogP contribution in [0.4, 0.5) is 21.9 Å². The molecule has 146 valence electrons. The summed E-state index contributed by atoms with van der Waals surface area (Å²) in [5, 5.41) is 8.51. The number of para-hydroxylation sites is 1. The molecular weight excluding hydrogens is 356 g/mol. The van der Waals surface area contributed by atoms with E-state index in [0.717, 1.165) is 19.5 Å². The molecule has 7 nitrogen and oxygen atoms in total. The fourth-order valence-electron chi connectivity index (χ4n) is 3.70. The second-order valence-corrected chi connectivity index (χ2v) is 7.27. The van der Waals surface area contributed by atoms with Gasteiger partial charge in [0.1, 0.15) is 5.75 Å². The summed E-state index contributed by atoms with van der Waals surface area (Å²) in [5.41, 5.74) is 3.79. The lowest BCUT2D eigenvalue weighted by atomic mass is 10.1. The van der Waals surface area contributed by atoms with Crippen molar-refractivity contribution in [2.75, 3.05) is 41.8 Å². The average Bonchev–Trinajstić information content (AvgIpc) is 3.16. The van der Waals surface area contributed by atoms with Crippen LogP contribution in [0.5, 0.6) is 5.75 Å². The van der Waals surface area contributed by atoms with E-state index in [1.54, 1.807) is 18.2 Å². The molecule has 3 N–H and O–H groups in total. The first-order valence-corrected chi connectivity index (χ1v) is 9.50. The van der Waals surface area contributed by atoms with Gasteiger partial charge in [0.2, 0.25) is 0 Å². The van der Waals surface area contributed by atoms with Crippen LogP contribution in [0.25, 0.3) is 0 Å². The Kier molecular flexibility index (Phi) is 5.06. The number of nitrogens with one attached hydrogen (secondary N) is 3. The fraction of sp³-hybridized carbons (Fsp3) is 0.333. The van der Waals surface area contributed by atoms with Gasteiger partial charge in [-0.25, -0.2) is 4.79 Å². The topological polar surface area (TPSA) is 82.7 Å². The molecule has 1 fully saturated rings. The van der Waals surface area contributed by atoms with E-state index < -0.39 is 0 Å². The predicted octanol–water partition coefficient (Wildman–Crippen LogP) is 2.97. The molecule has 2 aliphatic rings. The Morgan fingerprint density at radius 2 is 2.14 bits per heavy atom. The minimum atomic E-state index is -0.242. The van der Waals surface area contributed by atoms with E-state index in [1.807, 2.05) is 0 Å². The number of ether oxygens (including phenoxy) is 1. The molecule has 0 bridgehead atoms. The predicted molar refractivity (Wildman–Crippen MR) is 109 cm³/mol. The van der Waals surface area contributed by atoms with Crippen molar-refractivity contribution in [1.82, 2.24) is 5.32 Å². The molecule has 1 saturated heterocycles. The summed E-state index contributed by atoms with van der Waals surface area (Å²) in [6.45, 7) is 4.69. The number of anilines is 3. The first kappa shape index (κ1) is 18.2. The summed E-state index contributed by atoms with van der Waals surface area (Å²) in [6.07, 6.45) is 1.06. The van der Waals surface area contributed by atoms with Crippen molar-refractivity contribution in [1.29, 1.82) is 0 Å². The third kappa shape index (κ3) is 4.03. The van der Waals surface area contributed by atoms with Crippen LogP contribution in [0.2, 0.25) is 0 Å². The zero-order valence-electron chi connectivity index (χ0n) is 15.8. The highest BCUT2D eigenvalue weighted by molar-refractivity contribution is 5.96. The quantitative estimate of drug-likeness (QED) is 0.762. The molecule has 0 unspecified atom stereocenters. The van der Waals surface area contributed by atoms with E-state index in [-0.39, 0.29) is 18.5 Å². The molecular formula is C21H24N4O3. The maximum atomic E-state index is 12.2. The molecule has 28 heavy (non-hydrogen) atoms. The van der Waals surface area contributed by atoms with Crippen molar-refractivity contribution in [3.63, 3.8) is 0 Å². The highest BCUT2D eigenvalue weighted by Gasteiger charge is 2.24. The molecule has 0 radical (unpaired) electrons. The van der Waals surface area contributed by atoms with Crippen LogP contribution in [0.1, 0.15) is 12.0 Å². The van der Waals surface area contributed by atoms with Gasteiger partial charge in [0.15, 0.2) is 6.61 Å². The Bertz CT molecular complexity index is 899. The number of carbonyl (C=O) groups is 2. The standard InChI is InChI=1S/C21H24N4O3/c1-14-4-2-3-5-18(14)25-9-8-15(12-25)11-22-21(27)23-16-6-7-17-19(10-16)28-13-20(26)24-17/h2-7,10,15H,8-9,11-13H2,1H3,(H,24,26)(H2,22,23,27)/t15-/m0/s1. The highest BCUT2D eigenvalue weighted by atomic mass is 16.5. The van der Waals surface area contributed by atoms with Gasteiger partial charge in [-0.2, -0.15) is 0 Å². The van der Waals surface area contributed by atoms with Gasteiger partial charge < -0.3 is 25.6 Å². The van der Waals surface area contributed by atoms with Crippen LogP contribution in [-0.2, 0) is 4.79 Å². The number of amides is 3. The summed E-state index contributed by atoms with van der Waals surface area (Å²) in [5.74, 6) is 0.803. The van der Waals surface area contributed by atoms with Gasteiger partial charge in [-0.1, -0.05) is 18.2 Å². The molecule has 7 heteroatoms. The van der Waals surface area contributed by atoms with E-state index in [9.17, 15) is 9.59 Å². The van der Waals surface area contributed by atoms with Crippen molar-refractivity contribution < 1.29 is 14.3 Å². The number of rotatable bonds is 4. The summed E-state index contributed by atoms with van der Waals surface area (Å²) in [6, 6.07) is 13.3. The summed E-state index contributed by atoms with van der Waals surface area (Å²) < 4.78 is 5.37. The number of benzene rings is 2. The molecule has 0 saturated carbocycles. The lowest BCUT2D eigenvalue weighted by Crippen LogP contribution is -2.34. The van der Waals surface area contributed by atoms with E-state index in [1.165, 1.54) is 11.3 Å². The molecule has 4 rings (SSSR count). The Morgan fingerprint density at radius 1 is 1.29 bits per heavy atom. The number of urea groups is 1. The maximum absolute atomic E-state index is 12.2. The lowest BCUT2D eigenvalue weighted by Gasteiger charge is -2.21.